The highest BCUT2D eigenvalue weighted by Crippen LogP contribution is 2.33. The number of imidazole rings is 1. The van der Waals surface area contributed by atoms with E-state index in [0.29, 0.717) is 33.7 Å². The SMILES string of the molecule is Cc1ccc(Cn2c(-c3ccc(C)o3)nc3c(Cl)cc(Cl)cc32)o1. The third kappa shape index (κ3) is 2.62. The van der Waals surface area contributed by atoms with E-state index in [0.717, 1.165) is 22.8 Å². The smallest absolute Gasteiger partial charge is 0.177 e. The Bertz CT molecular complexity index is 1040. The number of nitrogens with zero attached hydrogens (tertiary/aromatic N) is 2. The molecule has 0 amide bonds. The Morgan fingerprint density at radius 2 is 1.75 bits per heavy atom. The Kier molecular flexibility index (Phi) is 3.66. The first-order valence-electron chi connectivity index (χ1n) is 7.48. The Labute approximate surface area is 148 Å². The summed E-state index contributed by atoms with van der Waals surface area (Å²) in [5.74, 6) is 3.88. The Hall–Kier alpha value is -2.17. The summed E-state index contributed by atoms with van der Waals surface area (Å²) >= 11 is 12.5. The van der Waals surface area contributed by atoms with Gasteiger partial charge in [-0.25, -0.2) is 4.98 Å². The maximum Gasteiger partial charge on any atom is 0.177 e. The molecule has 4 nitrogen and oxygen atoms in total. The van der Waals surface area contributed by atoms with E-state index in [1.54, 1.807) is 6.07 Å². The molecule has 3 aromatic heterocycles. The van der Waals surface area contributed by atoms with Crippen molar-refractivity contribution in [1.29, 1.82) is 0 Å². The van der Waals surface area contributed by atoms with Crippen LogP contribution in [-0.2, 0) is 6.54 Å². The van der Waals surface area contributed by atoms with E-state index in [4.69, 9.17) is 32.0 Å². The third-order valence-electron chi connectivity index (χ3n) is 3.84. The van der Waals surface area contributed by atoms with Gasteiger partial charge in [-0.3, -0.25) is 0 Å². The second kappa shape index (κ2) is 5.72. The molecule has 0 aliphatic rings. The van der Waals surface area contributed by atoms with Crippen LogP contribution in [0.5, 0.6) is 0 Å². The average molecular weight is 361 g/mol. The fraction of sp³-hybridized carbons (Fsp3) is 0.167. The number of halogens is 2. The Morgan fingerprint density at radius 3 is 2.42 bits per heavy atom. The molecule has 24 heavy (non-hydrogen) atoms. The number of fused-ring (bicyclic) bond motifs is 1. The Morgan fingerprint density at radius 1 is 1.00 bits per heavy atom. The number of aromatic nitrogens is 2. The molecule has 0 saturated carbocycles. The highest BCUT2D eigenvalue weighted by molar-refractivity contribution is 6.38. The van der Waals surface area contributed by atoms with Crippen LogP contribution in [0.15, 0.2) is 45.2 Å². The number of benzene rings is 1. The molecule has 1 aromatic carbocycles. The van der Waals surface area contributed by atoms with E-state index in [1.807, 2.05) is 48.7 Å². The van der Waals surface area contributed by atoms with Gasteiger partial charge in [-0.1, -0.05) is 23.2 Å². The number of aryl methyl sites for hydroxylation is 2. The lowest BCUT2D eigenvalue weighted by molar-refractivity contribution is 0.471. The van der Waals surface area contributed by atoms with Gasteiger partial charge in [0.1, 0.15) is 22.8 Å². The largest absolute Gasteiger partial charge is 0.464 e. The van der Waals surface area contributed by atoms with Gasteiger partial charge >= 0.3 is 0 Å². The number of rotatable bonds is 3. The predicted octanol–water partition coefficient (Wildman–Crippen LogP) is 5.86. The van der Waals surface area contributed by atoms with Gasteiger partial charge in [-0.05, 0) is 50.2 Å². The molecule has 0 spiro atoms. The molecular weight excluding hydrogens is 347 g/mol. The Balaban J connectivity index is 1.96. The van der Waals surface area contributed by atoms with Crippen LogP contribution in [-0.4, -0.2) is 9.55 Å². The topological polar surface area (TPSA) is 44.1 Å². The van der Waals surface area contributed by atoms with E-state index in [9.17, 15) is 0 Å². The van der Waals surface area contributed by atoms with Crippen LogP contribution in [0.1, 0.15) is 17.3 Å². The average Bonchev–Trinajstić information content (AvgIpc) is 3.20. The van der Waals surface area contributed by atoms with Crippen molar-refractivity contribution in [2.75, 3.05) is 0 Å². The normalized spacial score (nSPS) is 11.5. The van der Waals surface area contributed by atoms with Gasteiger partial charge in [0, 0.05) is 5.02 Å². The van der Waals surface area contributed by atoms with Gasteiger partial charge in [0.15, 0.2) is 11.6 Å². The molecule has 0 aliphatic heterocycles. The molecule has 0 radical (unpaired) electrons. The van der Waals surface area contributed by atoms with Crippen molar-refractivity contribution in [2.24, 2.45) is 0 Å². The number of hydrogen-bond donors (Lipinski definition) is 0. The molecule has 0 saturated heterocycles. The number of furan rings is 2. The molecule has 0 bridgehead atoms. The third-order valence-corrected chi connectivity index (χ3v) is 4.35. The molecule has 4 rings (SSSR count). The van der Waals surface area contributed by atoms with Gasteiger partial charge in [0.2, 0.25) is 0 Å². The highest BCUT2D eigenvalue weighted by Gasteiger charge is 2.19. The summed E-state index contributed by atoms with van der Waals surface area (Å²) in [6.45, 7) is 4.33. The zero-order chi connectivity index (χ0) is 16.8. The second-order valence-electron chi connectivity index (χ2n) is 5.70. The minimum absolute atomic E-state index is 0.510. The summed E-state index contributed by atoms with van der Waals surface area (Å²) in [4.78, 5) is 4.68. The van der Waals surface area contributed by atoms with Gasteiger partial charge < -0.3 is 13.4 Å². The van der Waals surface area contributed by atoms with Crippen LogP contribution in [0.2, 0.25) is 10.0 Å². The first-order valence-corrected chi connectivity index (χ1v) is 8.24. The molecule has 6 heteroatoms. The predicted molar refractivity (Wildman–Crippen MR) is 94.7 cm³/mol. The molecule has 0 atom stereocenters. The van der Waals surface area contributed by atoms with Crippen LogP contribution in [0.4, 0.5) is 0 Å². The molecular formula is C18H14Cl2N2O2. The molecule has 122 valence electrons. The van der Waals surface area contributed by atoms with Gasteiger partial charge in [0.25, 0.3) is 0 Å². The van der Waals surface area contributed by atoms with Crippen molar-refractivity contribution in [3.8, 4) is 11.6 Å². The first-order chi connectivity index (χ1) is 11.5. The van der Waals surface area contributed by atoms with Crippen molar-refractivity contribution in [3.05, 3.63) is 63.7 Å². The minimum atomic E-state index is 0.510. The summed E-state index contributed by atoms with van der Waals surface area (Å²) in [5, 5.41) is 1.07. The zero-order valence-corrected chi connectivity index (χ0v) is 14.6. The van der Waals surface area contributed by atoms with Crippen molar-refractivity contribution >= 4 is 34.2 Å². The minimum Gasteiger partial charge on any atom is -0.464 e. The fourth-order valence-corrected chi connectivity index (χ4v) is 3.30. The van der Waals surface area contributed by atoms with Crippen LogP contribution >= 0.6 is 23.2 Å². The van der Waals surface area contributed by atoms with Crippen molar-refractivity contribution in [1.82, 2.24) is 9.55 Å². The van der Waals surface area contributed by atoms with E-state index < -0.39 is 0 Å². The second-order valence-corrected chi connectivity index (χ2v) is 6.54. The molecule has 3 heterocycles. The molecule has 0 unspecified atom stereocenters. The maximum absolute atomic E-state index is 6.33. The zero-order valence-electron chi connectivity index (χ0n) is 13.1. The number of hydrogen-bond acceptors (Lipinski definition) is 3. The quantitative estimate of drug-likeness (QED) is 0.459. The van der Waals surface area contributed by atoms with E-state index >= 15 is 0 Å². The van der Waals surface area contributed by atoms with E-state index in [-0.39, 0.29) is 0 Å². The maximum atomic E-state index is 6.33. The molecule has 4 aromatic rings. The van der Waals surface area contributed by atoms with Gasteiger partial charge in [0.05, 0.1) is 17.1 Å². The fourth-order valence-electron chi connectivity index (χ4n) is 2.78. The van der Waals surface area contributed by atoms with Crippen LogP contribution < -0.4 is 0 Å². The molecule has 0 N–H and O–H groups in total. The lowest BCUT2D eigenvalue weighted by Gasteiger charge is -2.06. The van der Waals surface area contributed by atoms with Gasteiger partial charge in [-0.2, -0.15) is 0 Å². The van der Waals surface area contributed by atoms with E-state index in [2.05, 4.69) is 4.98 Å². The lowest BCUT2D eigenvalue weighted by Crippen LogP contribution is -2.01. The van der Waals surface area contributed by atoms with Crippen LogP contribution in [0.3, 0.4) is 0 Å². The summed E-state index contributed by atoms with van der Waals surface area (Å²) in [6, 6.07) is 11.2. The van der Waals surface area contributed by atoms with Crippen molar-refractivity contribution < 1.29 is 8.83 Å². The summed E-state index contributed by atoms with van der Waals surface area (Å²) < 4.78 is 13.5. The van der Waals surface area contributed by atoms with Crippen molar-refractivity contribution in [2.45, 2.75) is 20.4 Å². The summed E-state index contributed by atoms with van der Waals surface area (Å²) in [7, 11) is 0. The first kappa shape index (κ1) is 15.4. The lowest BCUT2D eigenvalue weighted by atomic mass is 10.3. The van der Waals surface area contributed by atoms with E-state index in [1.165, 1.54) is 0 Å². The van der Waals surface area contributed by atoms with Crippen molar-refractivity contribution in [3.63, 3.8) is 0 Å². The monoisotopic (exact) mass is 360 g/mol. The standard InChI is InChI=1S/C18H14Cl2N2O2/c1-10-3-5-13(23-10)9-22-15-8-12(19)7-14(20)17(15)21-18(22)16-6-4-11(2)24-16/h3-8H,9H2,1-2H3. The van der Waals surface area contributed by atoms with Gasteiger partial charge in [-0.15, -0.1) is 0 Å². The summed E-state index contributed by atoms with van der Waals surface area (Å²) in [5.41, 5.74) is 1.53. The molecule has 0 aliphatic carbocycles. The molecule has 0 fully saturated rings. The van der Waals surface area contributed by atoms with Crippen LogP contribution in [0, 0.1) is 13.8 Å². The highest BCUT2D eigenvalue weighted by atomic mass is 35.5. The summed E-state index contributed by atoms with van der Waals surface area (Å²) in [6.07, 6.45) is 0. The van der Waals surface area contributed by atoms with Crippen LogP contribution in [0.25, 0.3) is 22.6 Å².